The smallest absolute Gasteiger partial charge is 0.303 e. The van der Waals surface area contributed by atoms with Crippen LogP contribution in [0, 0.1) is 0 Å². The molecule has 5 nitrogen and oxygen atoms in total. The molecular formula is C22H30ClNO4. The highest BCUT2D eigenvalue weighted by Crippen LogP contribution is 2.21. The van der Waals surface area contributed by atoms with Crippen LogP contribution in [0.25, 0.3) is 0 Å². The molecule has 2 rings (SSSR count). The largest absolute Gasteiger partial charge is 0.481 e. The number of aliphatic hydroxyl groups is 1. The van der Waals surface area contributed by atoms with E-state index in [0.29, 0.717) is 30.8 Å². The molecule has 1 saturated heterocycles. The van der Waals surface area contributed by atoms with Crippen LogP contribution in [0.4, 0.5) is 0 Å². The summed E-state index contributed by atoms with van der Waals surface area (Å²) in [5.74, 6) is -0.594. The Morgan fingerprint density at radius 3 is 2.82 bits per heavy atom. The average molecular weight is 408 g/mol. The molecule has 0 aliphatic carbocycles. The van der Waals surface area contributed by atoms with Gasteiger partial charge in [0.2, 0.25) is 5.91 Å². The van der Waals surface area contributed by atoms with E-state index in [1.54, 1.807) is 12.1 Å². The van der Waals surface area contributed by atoms with Crippen LogP contribution in [0.1, 0.15) is 56.9 Å². The quantitative estimate of drug-likeness (QED) is 0.425. The predicted octanol–water partition coefficient (Wildman–Crippen LogP) is 4.22. The lowest BCUT2D eigenvalue weighted by Crippen LogP contribution is -2.43. The van der Waals surface area contributed by atoms with Crippen molar-refractivity contribution in [3.05, 3.63) is 47.0 Å². The summed E-state index contributed by atoms with van der Waals surface area (Å²) < 4.78 is 0. The van der Waals surface area contributed by atoms with Gasteiger partial charge in [0.15, 0.2) is 0 Å². The summed E-state index contributed by atoms with van der Waals surface area (Å²) in [5.41, 5.74) is 0.975. The summed E-state index contributed by atoms with van der Waals surface area (Å²) in [6, 6.07) is 7.48. The second-order valence-corrected chi connectivity index (χ2v) is 7.83. The SMILES string of the molecule is O=C(O)CCCCCCN1C(=O)CCC[C@@H]1/C=C/C(O)Cc1cccc(Cl)c1. The molecule has 0 bridgehead atoms. The summed E-state index contributed by atoms with van der Waals surface area (Å²) >= 11 is 5.99. The fraction of sp³-hybridized carbons (Fsp3) is 0.545. The number of aliphatic carboxylic acids is 1. The Labute approximate surface area is 172 Å². The van der Waals surface area contributed by atoms with Crippen LogP contribution >= 0.6 is 11.6 Å². The molecule has 0 spiro atoms. The van der Waals surface area contributed by atoms with E-state index >= 15 is 0 Å². The van der Waals surface area contributed by atoms with E-state index < -0.39 is 12.1 Å². The van der Waals surface area contributed by atoms with Gasteiger partial charge in [0, 0.05) is 30.8 Å². The molecule has 2 N–H and O–H groups in total. The summed E-state index contributed by atoms with van der Waals surface area (Å²) in [4.78, 5) is 24.8. The van der Waals surface area contributed by atoms with Crippen LogP contribution in [0.2, 0.25) is 5.02 Å². The molecule has 28 heavy (non-hydrogen) atoms. The topological polar surface area (TPSA) is 77.8 Å². The first-order valence-corrected chi connectivity index (χ1v) is 10.5. The molecular weight excluding hydrogens is 378 g/mol. The fourth-order valence-electron chi connectivity index (χ4n) is 3.58. The first-order chi connectivity index (χ1) is 13.5. The normalized spacial score (nSPS) is 18.6. The highest BCUT2D eigenvalue weighted by molar-refractivity contribution is 6.30. The third-order valence-corrected chi connectivity index (χ3v) is 5.28. The van der Waals surface area contributed by atoms with Gasteiger partial charge in [0.25, 0.3) is 0 Å². The number of carboxylic acids is 1. The molecule has 0 saturated carbocycles. The summed E-state index contributed by atoms with van der Waals surface area (Å²) in [6.07, 6.45) is 9.52. The summed E-state index contributed by atoms with van der Waals surface area (Å²) in [5, 5.41) is 19.6. The second-order valence-electron chi connectivity index (χ2n) is 7.39. The van der Waals surface area contributed by atoms with E-state index in [2.05, 4.69) is 0 Å². The van der Waals surface area contributed by atoms with Gasteiger partial charge in [0.1, 0.15) is 0 Å². The van der Waals surface area contributed by atoms with E-state index in [4.69, 9.17) is 16.7 Å². The van der Waals surface area contributed by atoms with Crippen molar-refractivity contribution in [2.45, 2.75) is 69.9 Å². The maximum atomic E-state index is 12.3. The number of rotatable bonds is 11. The van der Waals surface area contributed by atoms with Crippen LogP contribution in [-0.2, 0) is 16.0 Å². The number of benzene rings is 1. The van der Waals surface area contributed by atoms with Gasteiger partial charge in [-0.2, -0.15) is 0 Å². The Bertz CT molecular complexity index is 676. The van der Waals surface area contributed by atoms with E-state index in [1.807, 2.05) is 29.2 Å². The molecule has 1 amide bonds. The van der Waals surface area contributed by atoms with Crippen molar-refractivity contribution in [1.82, 2.24) is 4.90 Å². The molecule has 0 radical (unpaired) electrons. The van der Waals surface area contributed by atoms with Gasteiger partial charge in [-0.05, 0) is 43.4 Å². The maximum absolute atomic E-state index is 12.3. The van der Waals surface area contributed by atoms with Crippen molar-refractivity contribution in [2.24, 2.45) is 0 Å². The van der Waals surface area contributed by atoms with Crippen LogP contribution < -0.4 is 0 Å². The van der Waals surface area contributed by atoms with Crippen LogP contribution in [0.3, 0.4) is 0 Å². The molecule has 1 fully saturated rings. The molecule has 1 aromatic carbocycles. The summed E-state index contributed by atoms with van der Waals surface area (Å²) in [7, 11) is 0. The first kappa shape index (κ1) is 22.4. The highest BCUT2D eigenvalue weighted by atomic mass is 35.5. The lowest BCUT2D eigenvalue weighted by molar-refractivity contribution is -0.137. The molecule has 1 heterocycles. The van der Waals surface area contributed by atoms with Crippen molar-refractivity contribution >= 4 is 23.5 Å². The number of likely N-dealkylation sites (tertiary alicyclic amines) is 1. The van der Waals surface area contributed by atoms with Gasteiger partial charge in [-0.3, -0.25) is 9.59 Å². The number of halogens is 1. The Balaban J connectivity index is 1.82. The number of hydrogen-bond donors (Lipinski definition) is 2. The van der Waals surface area contributed by atoms with Gasteiger partial charge in [-0.1, -0.05) is 48.7 Å². The zero-order valence-corrected chi connectivity index (χ0v) is 17.0. The number of unbranched alkanes of at least 4 members (excludes halogenated alkanes) is 3. The Morgan fingerprint density at radius 1 is 1.29 bits per heavy atom. The van der Waals surface area contributed by atoms with Gasteiger partial charge < -0.3 is 15.1 Å². The Morgan fingerprint density at radius 2 is 2.07 bits per heavy atom. The lowest BCUT2D eigenvalue weighted by Gasteiger charge is -2.34. The van der Waals surface area contributed by atoms with E-state index in [0.717, 1.165) is 37.7 Å². The first-order valence-electron chi connectivity index (χ1n) is 10.1. The number of amides is 1. The molecule has 2 atom stereocenters. The molecule has 6 heteroatoms. The van der Waals surface area contributed by atoms with Crippen LogP contribution in [-0.4, -0.2) is 45.7 Å². The number of nitrogens with zero attached hydrogens (tertiary/aromatic N) is 1. The molecule has 0 aromatic heterocycles. The van der Waals surface area contributed by atoms with Crippen molar-refractivity contribution in [3.8, 4) is 0 Å². The number of carbonyl (C=O) groups is 2. The third kappa shape index (κ3) is 8.03. The zero-order chi connectivity index (χ0) is 20.4. The minimum Gasteiger partial charge on any atom is -0.481 e. The van der Waals surface area contributed by atoms with Gasteiger partial charge >= 0.3 is 5.97 Å². The van der Waals surface area contributed by atoms with Crippen LogP contribution in [0.15, 0.2) is 36.4 Å². The number of piperidine rings is 1. The molecule has 1 unspecified atom stereocenters. The average Bonchev–Trinajstić information content (AvgIpc) is 2.64. The molecule has 1 aromatic rings. The summed E-state index contributed by atoms with van der Waals surface area (Å²) in [6.45, 7) is 0.686. The number of aliphatic hydroxyl groups excluding tert-OH is 1. The van der Waals surface area contributed by atoms with E-state index in [-0.39, 0.29) is 18.4 Å². The highest BCUT2D eigenvalue weighted by Gasteiger charge is 2.25. The minimum atomic E-state index is -0.757. The van der Waals surface area contributed by atoms with Gasteiger partial charge in [0.05, 0.1) is 12.1 Å². The standard InChI is InChI=1S/C22H30ClNO4/c23-18-8-5-7-17(15-18)16-20(25)13-12-19-9-6-10-21(26)24(19)14-4-2-1-3-11-22(27)28/h5,7-8,12-13,15,19-20,25H,1-4,6,9-11,14,16H2,(H,27,28)/b13-12+/t19-,20?/m1/s1. The van der Waals surface area contributed by atoms with Crippen molar-refractivity contribution in [1.29, 1.82) is 0 Å². The lowest BCUT2D eigenvalue weighted by atomic mass is 9.99. The third-order valence-electron chi connectivity index (χ3n) is 5.04. The Kier molecular flexibility index (Phi) is 9.51. The molecule has 154 valence electrons. The molecule has 1 aliphatic heterocycles. The van der Waals surface area contributed by atoms with E-state index in [9.17, 15) is 14.7 Å². The Hall–Kier alpha value is -1.85. The van der Waals surface area contributed by atoms with Crippen LogP contribution in [0.5, 0.6) is 0 Å². The van der Waals surface area contributed by atoms with Crippen molar-refractivity contribution < 1.29 is 19.8 Å². The van der Waals surface area contributed by atoms with Crippen molar-refractivity contribution in [2.75, 3.05) is 6.54 Å². The fourth-order valence-corrected chi connectivity index (χ4v) is 3.79. The number of carboxylic acid groups (broad SMARTS) is 1. The van der Waals surface area contributed by atoms with Gasteiger partial charge in [-0.15, -0.1) is 0 Å². The zero-order valence-electron chi connectivity index (χ0n) is 16.2. The predicted molar refractivity (Wildman–Crippen MR) is 110 cm³/mol. The minimum absolute atomic E-state index is 0.0225. The van der Waals surface area contributed by atoms with Gasteiger partial charge in [-0.25, -0.2) is 0 Å². The van der Waals surface area contributed by atoms with E-state index in [1.165, 1.54) is 0 Å². The number of carbonyl (C=O) groups excluding carboxylic acids is 1. The monoisotopic (exact) mass is 407 g/mol. The molecule has 1 aliphatic rings. The maximum Gasteiger partial charge on any atom is 0.303 e. The second kappa shape index (κ2) is 11.9. The van der Waals surface area contributed by atoms with Crippen molar-refractivity contribution in [3.63, 3.8) is 0 Å². The number of hydrogen-bond acceptors (Lipinski definition) is 3.